The van der Waals surface area contributed by atoms with E-state index in [4.69, 9.17) is 9.47 Å². The summed E-state index contributed by atoms with van der Waals surface area (Å²) in [5, 5.41) is 2.03. The Morgan fingerprint density at radius 2 is 1.64 bits per heavy atom. The average molecular weight is 486 g/mol. The van der Waals surface area contributed by atoms with Crippen LogP contribution in [-0.4, -0.2) is 30.9 Å². The van der Waals surface area contributed by atoms with Crippen molar-refractivity contribution < 1.29 is 33.0 Å². The summed E-state index contributed by atoms with van der Waals surface area (Å²) in [6.45, 7) is 0. The van der Waals surface area contributed by atoms with E-state index in [2.05, 4.69) is 0 Å². The number of nitrogens with zero attached hydrogens (tertiary/aromatic N) is 1. The third kappa shape index (κ3) is 5.20. The molecular weight excluding hydrogens is 467 g/mol. The lowest BCUT2D eigenvalue weighted by Crippen LogP contribution is -2.54. The van der Waals surface area contributed by atoms with Crippen LogP contribution in [0, 0.1) is 5.82 Å². The van der Waals surface area contributed by atoms with E-state index in [0.717, 1.165) is 11.6 Å². The number of para-hydroxylation sites is 1. The second-order valence-corrected chi connectivity index (χ2v) is 7.48. The second kappa shape index (κ2) is 10.5. The van der Waals surface area contributed by atoms with Crippen LogP contribution < -0.4 is 19.7 Å². The zero-order valence-corrected chi connectivity index (χ0v) is 18.9. The summed E-state index contributed by atoms with van der Waals surface area (Å²) >= 11 is 0. The number of halogens is 1. The van der Waals surface area contributed by atoms with E-state index in [1.165, 1.54) is 55.7 Å². The third-order valence-corrected chi connectivity index (χ3v) is 5.12. The van der Waals surface area contributed by atoms with Crippen molar-refractivity contribution in [1.82, 2.24) is 5.32 Å². The van der Waals surface area contributed by atoms with Crippen molar-refractivity contribution in [3.05, 3.63) is 101 Å². The van der Waals surface area contributed by atoms with Crippen molar-refractivity contribution in [2.24, 2.45) is 0 Å². The Balaban J connectivity index is 1.58. The fraction of sp³-hybridized carbons (Fsp3) is 0.0370. The van der Waals surface area contributed by atoms with Crippen LogP contribution in [0.5, 0.6) is 11.5 Å². The molecule has 3 aromatic rings. The van der Waals surface area contributed by atoms with Gasteiger partial charge in [-0.2, -0.15) is 0 Å². The number of nitrogens with one attached hydrogen (secondary N) is 1. The van der Waals surface area contributed by atoms with Gasteiger partial charge in [0.1, 0.15) is 11.4 Å². The normalized spacial score (nSPS) is 14.8. The lowest BCUT2D eigenvalue weighted by molar-refractivity contribution is -0.129. The minimum Gasteiger partial charge on any atom is -0.493 e. The van der Waals surface area contributed by atoms with E-state index in [1.807, 2.05) is 35.6 Å². The standard InChI is InChI=1S/C27H19FN2O6/c1-35-23-16-18(11-13-22(23)36-24(31)14-12-17-7-3-2-4-8-17)15-19-25(32)29-27(34)30(26(19)33)21-10-6-5-9-20(21)28/h2-16H,1H3,(H,29,32,34)/b14-12+,19-15+. The lowest BCUT2D eigenvalue weighted by atomic mass is 10.1. The topological polar surface area (TPSA) is 102 Å². The van der Waals surface area contributed by atoms with Gasteiger partial charge in [-0.15, -0.1) is 0 Å². The van der Waals surface area contributed by atoms with Gasteiger partial charge in [-0.05, 0) is 47.5 Å². The van der Waals surface area contributed by atoms with Crippen LogP contribution in [0.3, 0.4) is 0 Å². The fourth-order valence-corrected chi connectivity index (χ4v) is 3.41. The SMILES string of the molecule is COc1cc(/C=C2\C(=O)NC(=O)N(c3ccccc3F)C2=O)ccc1OC(=O)/C=C/c1ccccc1. The summed E-state index contributed by atoms with van der Waals surface area (Å²) < 4.78 is 24.9. The molecule has 36 heavy (non-hydrogen) atoms. The van der Waals surface area contributed by atoms with Gasteiger partial charge < -0.3 is 9.47 Å². The van der Waals surface area contributed by atoms with E-state index < -0.39 is 35.2 Å². The molecular formula is C27H19FN2O6. The smallest absolute Gasteiger partial charge is 0.336 e. The number of rotatable bonds is 6. The van der Waals surface area contributed by atoms with Gasteiger partial charge >= 0.3 is 12.0 Å². The number of hydrogen-bond donors (Lipinski definition) is 1. The Labute approximate surface area is 205 Å². The van der Waals surface area contributed by atoms with Crippen molar-refractivity contribution >= 4 is 41.7 Å². The number of anilines is 1. The molecule has 1 saturated heterocycles. The number of barbiturate groups is 1. The first-order valence-corrected chi connectivity index (χ1v) is 10.7. The summed E-state index contributed by atoms with van der Waals surface area (Å²) in [5.74, 6) is -3.08. The Morgan fingerprint density at radius 1 is 0.917 bits per heavy atom. The molecule has 4 amide bonds. The number of carbonyl (C=O) groups excluding carboxylic acids is 4. The number of amides is 4. The summed E-state index contributed by atoms with van der Waals surface area (Å²) in [4.78, 5) is 50.4. The van der Waals surface area contributed by atoms with Crippen LogP contribution in [0.4, 0.5) is 14.9 Å². The zero-order valence-electron chi connectivity index (χ0n) is 18.9. The van der Waals surface area contributed by atoms with Crippen molar-refractivity contribution in [2.45, 2.75) is 0 Å². The van der Waals surface area contributed by atoms with Gasteiger partial charge in [-0.25, -0.2) is 18.9 Å². The molecule has 180 valence electrons. The first-order chi connectivity index (χ1) is 17.4. The third-order valence-electron chi connectivity index (χ3n) is 5.12. The van der Waals surface area contributed by atoms with Crippen LogP contribution in [0.25, 0.3) is 12.2 Å². The van der Waals surface area contributed by atoms with Crippen LogP contribution in [0.1, 0.15) is 11.1 Å². The maximum atomic E-state index is 14.2. The highest BCUT2D eigenvalue weighted by Gasteiger charge is 2.38. The molecule has 1 aliphatic heterocycles. The molecule has 1 aliphatic rings. The monoisotopic (exact) mass is 486 g/mol. The first-order valence-electron chi connectivity index (χ1n) is 10.7. The molecule has 1 N–H and O–H groups in total. The number of hydrogen-bond acceptors (Lipinski definition) is 6. The molecule has 3 aromatic carbocycles. The molecule has 0 unspecified atom stereocenters. The molecule has 0 aromatic heterocycles. The lowest BCUT2D eigenvalue weighted by Gasteiger charge is -2.26. The first kappa shape index (κ1) is 24.1. The molecule has 0 aliphatic carbocycles. The Hall–Kier alpha value is -5.05. The van der Waals surface area contributed by atoms with Gasteiger partial charge in [0.25, 0.3) is 11.8 Å². The highest BCUT2D eigenvalue weighted by atomic mass is 19.1. The zero-order chi connectivity index (χ0) is 25.7. The average Bonchev–Trinajstić information content (AvgIpc) is 2.87. The van der Waals surface area contributed by atoms with Gasteiger partial charge in [0.05, 0.1) is 12.8 Å². The highest BCUT2D eigenvalue weighted by molar-refractivity contribution is 6.39. The van der Waals surface area contributed by atoms with Crippen molar-refractivity contribution in [3.63, 3.8) is 0 Å². The summed E-state index contributed by atoms with van der Waals surface area (Å²) in [6, 6.07) is 17.7. The largest absolute Gasteiger partial charge is 0.493 e. The van der Waals surface area contributed by atoms with Crippen LogP contribution in [0.15, 0.2) is 84.4 Å². The van der Waals surface area contributed by atoms with Crippen molar-refractivity contribution in [1.29, 1.82) is 0 Å². The highest BCUT2D eigenvalue weighted by Crippen LogP contribution is 2.30. The summed E-state index contributed by atoms with van der Waals surface area (Å²) in [6.07, 6.45) is 4.09. The molecule has 1 fully saturated rings. The molecule has 0 bridgehead atoms. The van der Waals surface area contributed by atoms with E-state index in [1.54, 1.807) is 6.08 Å². The second-order valence-electron chi connectivity index (χ2n) is 7.48. The number of ether oxygens (including phenoxy) is 2. The molecule has 0 radical (unpaired) electrons. The van der Waals surface area contributed by atoms with Crippen LogP contribution >= 0.6 is 0 Å². The Bertz CT molecular complexity index is 1410. The Morgan fingerprint density at radius 3 is 2.36 bits per heavy atom. The van der Waals surface area contributed by atoms with E-state index in [9.17, 15) is 23.6 Å². The summed E-state index contributed by atoms with van der Waals surface area (Å²) in [5.41, 5.74) is 0.478. The molecule has 0 spiro atoms. The fourth-order valence-electron chi connectivity index (χ4n) is 3.41. The number of urea groups is 1. The number of esters is 1. The van der Waals surface area contributed by atoms with Gasteiger partial charge in [0.15, 0.2) is 11.5 Å². The van der Waals surface area contributed by atoms with Gasteiger partial charge in [0, 0.05) is 6.08 Å². The molecule has 1 heterocycles. The van der Waals surface area contributed by atoms with E-state index in [0.29, 0.717) is 10.5 Å². The summed E-state index contributed by atoms with van der Waals surface area (Å²) in [7, 11) is 1.36. The maximum Gasteiger partial charge on any atom is 0.336 e. The molecule has 8 nitrogen and oxygen atoms in total. The Kier molecular flexibility index (Phi) is 7.01. The number of imide groups is 2. The number of benzene rings is 3. The minimum atomic E-state index is -1.06. The number of methoxy groups -OCH3 is 1. The van der Waals surface area contributed by atoms with Crippen LogP contribution in [-0.2, 0) is 14.4 Å². The van der Waals surface area contributed by atoms with Gasteiger partial charge in [0.2, 0.25) is 0 Å². The molecule has 0 atom stereocenters. The predicted octanol–water partition coefficient (Wildman–Crippen LogP) is 4.12. The van der Waals surface area contributed by atoms with E-state index >= 15 is 0 Å². The number of carbonyl (C=O) groups is 4. The quantitative estimate of drug-likeness (QED) is 0.243. The minimum absolute atomic E-state index is 0.116. The van der Waals surface area contributed by atoms with Gasteiger partial charge in [-0.3, -0.25) is 14.9 Å². The van der Waals surface area contributed by atoms with E-state index in [-0.39, 0.29) is 17.2 Å². The predicted molar refractivity (Wildman–Crippen MR) is 130 cm³/mol. The van der Waals surface area contributed by atoms with Crippen molar-refractivity contribution in [3.8, 4) is 11.5 Å². The van der Waals surface area contributed by atoms with Crippen LogP contribution in [0.2, 0.25) is 0 Å². The molecule has 0 saturated carbocycles. The molecule has 4 rings (SSSR count). The maximum absolute atomic E-state index is 14.2. The van der Waals surface area contributed by atoms with Gasteiger partial charge in [-0.1, -0.05) is 48.5 Å². The van der Waals surface area contributed by atoms with Crippen molar-refractivity contribution in [2.75, 3.05) is 12.0 Å². The molecule has 9 heteroatoms.